The van der Waals surface area contributed by atoms with Crippen molar-refractivity contribution in [2.24, 2.45) is 4.99 Å². The SMILES string of the molecule is O=C(O)CCc1ccc(N=CC2C(=O)Nc3ccc(F)cc32)cc1. The molecule has 122 valence electrons. The lowest BCUT2D eigenvalue weighted by molar-refractivity contribution is -0.137. The molecule has 0 bridgehead atoms. The van der Waals surface area contributed by atoms with Crippen molar-refractivity contribution < 1.29 is 19.1 Å². The Balaban J connectivity index is 1.73. The molecule has 1 amide bonds. The number of nitrogens with zero attached hydrogens (tertiary/aromatic N) is 1. The van der Waals surface area contributed by atoms with Crippen LogP contribution in [0.3, 0.4) is 0 Å². The summed E-state index contributed by atoms with van der Waals surface area (Å²) in [6, 6.07) is 11.3. The number of benzene rings is 2. The first kappa shape index (κ1) is 15.9. The number of carboxylic acid groups (broad SMARTS) is 1. The van der Waals surface area contributed by atoms with Crippen LogP contribution in [0.2, 0.25) is 0 Å². The number of anilines is 1. The number of rotatable bonds is 5. The second kappa shape index (κ2) is 6.62. The van der Waals surface area contributed by atoms with Gasteiger partial charge in [-0.15, -0.1) is 0 Å². The zero-order valence-electron chi connectivity index (χ0n) is 12.7. The Morgan fingerprint density at radius 2 is 2.00 bits per heavy atom. The number of fused-ring (bicyclic) bond motifs is 1. The second-order valence-corrected chi connectivity index (χ2v) is 5.54. The normalized spacial score (nSPS) is 16.2. The Morgan fingerprint density at radius 1 is 1.25 bits per heavy atom. The fourth-order valence-electron chi connectivity index (χ4n) is 2.56. The standard InChI is InChI=1S/C18H15FN2O3/c19-12-4-7-16-14(9-12)15(18(24)21-16)10-20-13-5-1-11(2-6-13)3-8-17(22)23/h1-2,4-7,9-10,15H,3,8H2,(H,21,24)(H,22,23). The van der Waals surface area contributed by atoms with Crippen LogP contribution in [-0.2, 0) is 16.0 Å². The predicted octanol–water partition coefficient (Wildman–Crippen LogP) is 3.28. The van der Waals surface area contributed by atoms with Crippen LogP contribution in [0.1, 0.15) is 23.5 Å². The highest BCUT2D eigenvalue weighted by molar-refractivity contribution is 6.12. The molecule has 1 atom stereocenters. The Kier molecular flexibility index (Phi) is 4.37. The van der Waals surface area contributed by atoms with E-state index in [4.69, 9.17) is 5.11 Å². The largest absolute Gasteiger partial charge is 0.481 e. The highest BCUT2D eigenvalue weighted by atomic mass is 19.1. The third kappa shape index (κ3) is 3.48. The van der Waals surface area contributed by atoms with Gasteiger partial charge in [-0.1, -0.05) is 12.1 Å². The third-order valence-corrected chi connectivity index (χ3v) is 3.83. The van der Waals surface area contributed by atoms with Crippen LogP contribution >= 0.6 is 0 Å². The van der Waals surface area contributed by atoms with Gasteiger partial charge in [0.1, 0.15) is 11.7 Å². The van der Waals surface area contributed by atoms with Gasteiger partial charge >= 0.3 is 5.97 Å². The average Bonchev–Trinajstić information content (AvgIpc) is 2.86. The summed E-state index contributed by atoms with van der Waals surface area (Å²) in [5.74, 6) is -2.10. The number of carboxylic acids is 1. The molecule has 1 aliphatic heterocycles. The minimum Gasteiger partial charge on any atom is -0.481 e. The van der Waals surface area contributed by atoms with E-state index >= 15 is 0 Å². The quantitative estimate of drug-likeness (QED) is 0.828. The van der Waals surface area contributed by atoms with E-state index in [9.17, 15) is 14.0 Å². The molecule has 2 N–H and O–H groups in total. The van der Waals surface area contributed by atoms with E-state index in [0.29, 0.717) is 23.4 Å². The van der Waals surface area contributed by atoms with Crippen LogP contribution < -0.4 is 5.32 Å². The molecule has 1 heterocycles. The summed E-state index contributed by atoms with van der Waals surface area (Å²) in [7, 11) is 0. The molecule has 0 saturated carbocycles. The van der Waals surface area contributed by atoms with Gasteiger partial charge in [0.25, 0.3) is 0 Å². The molecule has 24 heavy (non-hydrogen) atoms. The molecule has 0 fully saturated rings. The highest BCUT2D eigenvalue weighted by Crippen LogP contribution is 2.32. The Labute approximate surface area is 137 Å². The summed E-state index contributed by atoms with van der Waals surface area (Å²) >= 11 is 0. The van der Waals surface area contributed by atoms with Crippen molar-refractivity contribution in [2.45, 2.75) is 18.8 Å². The van der Waals surface area contributed by atoms with E-state index < -0.39 is 17.7 Å². The van der Waals surface area contributed by atoms with E-state index in [1.54, 1.807) is 24.3 Å². The van der Waals surface area contributed by atoms with Gasteiger partial charge in [0.2, 0.25) is 5.91 Å². The molecule has 0 radical (unpaired) electrons. The van der Waals surface area contributed by atoms with Crippen molar-refractivity contribution in [2.75, 3.05) is 5.32 Å². The summed E-state index contributed by atoms with van der Waals surface area (Å²) in [5, 5.41) is 11.4. The molecule has 2 aromatic rings. The van der Waals surface area contributed by atoms with Gasteiger partial charge in [-0.25, -0.2) is 4.39 Å². The number of carbonyl (C=O) groups excluding carboxylic acids is 1. The molecule has 2 aromatic carbocycles. The number of halogens is 1. The number of aryl methyl sites for hydroxylation is 1. The first-order valence-electron chi connectivity index (χ1n) is 7.48. The van der Waals surface area contributed by atoms with Gasteiger partial charge < -0.3 is 10.4 Å². The number of hydrogen-bond donors (Lipinski definition) is 2. The Hall–Kier alpha value is -3.02. The second-order valence-electron chi connectivity index (χ2n) is 5.54. The number of aliphatic imine (C=N–C) groups is 1. The smallest absolute Gasteiger partial charge is 0.303 e. The number of amides is 1. The van der Waals surface area contributed by atoms with Crippen LogP contribution in [0, 0.1) is 5.82 Å². The molecule has 6 heteroatoms. The lowest BCUT2D eigenvalue weighted by Gasteiger charge is -2.03. The molecule has 0 spiro atoms. The summed E-state index contributed by atoms with van der Waals surface area (Å²) in [6.45, 7) is 0. The van der Waals surface area contributed by atoms with E-state index in [1.165, 1.54) is 24.4 Å². The molecular weight excluding hydrogens is 311 g/mol. The number of hydrogen-bond acceptors (Lipinski definition) is 3. The first-order valence-corrected chi connectivity index (χ1v) is 7.48. The zero-order valence-corrected chi connectivity index (χ0v) is 12.7. The minimum atomic E-state index is -0.838. The van der Waals surface area contributed by atoms with Gasteiger partial charge in [-0.05, 0) is 47.9 Å². The molecular formula is C18H15FN2O3. The lowest BCUT2D eigenvalue weighted by Crippen LogP contribution is -2.12. The van der Waals surface area contributed by atoms with E-state index in [1.807, 2.05) is 0 Å². The number of aliphatic carboxylic acids is 1. The zero-order chi connectivity index (χ0) is 17.1. The van der Waals surface area contributed by atoms with E-state index in [-0.39, 0.29) is 12.3 Å². The van der Waals surface area contributed by atoms with Crippen LogP contribution in [0.15, 0.2) is 47.5 Å². The van der Waals surface area contributed by atoms with Crippen molar-refractivity contribution >= 4 is 29.5 Å². The highest BCUT2D eigenvalue weighted by Gasteiger charge is 2.29. The fourth-order valence-corrected chi connectivity index (χ4v) is 2.56. The van der Waals surface area contributed by atoms with Crippen LogP contribution in [0.4, 0.5) is 15.8 Å². The molecule has 0 aromatic heterocycles. The summed E-state index contributed by atoms with van der Waals surface area (Å²) in [5.41, 5.74) is 2.72. The fraction of sp³-hybridized carbons (Fsp3) is 0.167. The summed E-state index contributed by atoms with van der Waals surface area (Å²) in [4.78, 5) is 26.8. The maximum Gasteiger partial charge on any atom is 0.303 e. The Bertz CT molecular complexity index is 816. The third-order valence-electron chi connectivity index (χ3n) is 3.83. The number of nitrogens with one attached hydrogen (secondary N) is 1. The molecule has 3 rings (SSSR count). The summed E-state index contributed by atoms with van der Waals surface area (Å²) in [6.07, 6.45) is 2.02. The van der Waals surface area contributed by atoms with Gasteiger partial charge in [0.05, 0.1) is 5.69 Å². The minimum absolute atomic E-state index is 0.0766. The average molecular weight is 326 g/mol. The van der Waals surface area contributed by atoms with E-state index in [0.717, 1.165) is 5.56 Å². The molecule has 0 saturated heterocycles. The molecule has 0 aliphatic carbocycles. The van der Waals surface area contributed by atoms with Crippen molar-refractivity contribution in [3.8, 4) is 0 Å². The Morgan fingerprint density at radius 3 is 2.71 bits per heavy atom. The van der Waals surface area contributed by atoms with Crippen LogP contribution in [-0.4, -0.2) is 23.2 Å². The molecule has 1 aliphatic rings. The predicted molar refractivity (Wildman–Crippen MR) is 88.3 cm³/mol. The van der Waals surface area contributed by atoms with Gasteiger partial charge in [0.15, 0.2) is 0 Å². The first-order chi connectivity index (χ1) is 11.5. The van der Waals surface area contributed by atoms with Crippen molar-refractivity contribution in [1.29, 1.82) is 0 Å². The summed E-state index contributed by atoms with van der Waals surface area (Å²) < 4.78 is 13.4. The van der Waals surface area contributed by atoms with Gasteiger partial charge in [-0.3, -0.25) is 14.6 Å². The lowest BCUT2D eigenvalue weighted by atomic mass is 10.0. The van der Waals surface area contributed by atoms with Crippen molar-refractivity contribution in [1.82, 2.24) is 0 Å². The van der Waals surface area contributed by atoms with Crippen molar-refractivity contribution in [3.05, 3.63) is 59.4 Å². The topological polar surface area (TPSA) is 78.8 Å². The van der Waals surface area contributed by atoms with Crippen LogP contribution in [0.25, 0.3) is 0 Å². The monoisotopic (exact) mass is 326 g/mol. The van der Waals surface area contributed by atoms with E-state index in [2.05, 4.69) is 10.3 Å². The van der Waals surface area contributed by atoms with Crippen LogP contribution in [0.5, 0.6) is 0 Å². The van der Waals surface area contributed by atoms with Crippen molar-refractivity contribution in [3.63, 3.8) is 0 Å². The maximum absolute atomic E-state index is 13.4. The number of carbonyl (C=O) groups is 2. The maximum atomic E-state index is 13.4. The molecule has 1 unspecified atom stereocenters. The van der Waals surface area contributed by atoms with Gasteiger partial charge in [-0.2, -0.15) is 0 Å². The van der Waals surface area contributed by atoms with Gasteiger partial charge in [0, 0.05) is 18.3 Å². The molecule has 5 nitrogen and oxygen atoms in total.